The third kappa shape index (κ3) is 7.38. The zero-order valence-electron chi connectivity index (χ0n) is 27.0. The van der Waals surface area contributed by atoms with Crippen LogP contribution in [0.3, 0.4) is 0 Å². The van der Waals surface area contributed by atoms with E-state index in [-0.39, 0.29) is 21.7 Å². The van der Waals surface area contributed by atoms with Crippen molar-refractivity contribution in [2.24, 2.45) is 0 Å². The second-order valence-electron chi connectivity index (χ2n) is 15.1. The van der Waals surface area contributed by atoms with Gasteiger partial charge >= 0.3 is 15.3 Å². The van der Waals surface area contributed by atoms with E-state index < -0.39 is 15.3 Å². The van der Waals surface area contributed by atoms with Crippen LogP contribution >= 0.6 is 49.5 Å². The Hall–Kier alpha value is -1.15. The van der Waals surface area contributed by atoms with Gasteiger partial charge in [-0.15, -0.1) is 0 Å². The van der Waals surface area contributed by atoms with Gasteiger partial charge in [0.25, 0.3) is 0 Å². The number of benzene rings is 3. The first-order valence-corrected chi connectivity index (χ1v) is 19.4. The Kier molecular flexibility index (Phi) is 9.62. The summed E-state index contributed by atoms with van der Waals surface area (Å²) >= 11 is 16.2. The number of hydrogen-bond acceptors (Lipinski definition) is 4. The topological polar surface area (TPSA) is 21.7 Å². The minimum Gasteiger partial charge on any atom is -0.439 e. The molecule has 0 N–H and O–H groups in total. The average Bonchev–Trinajstić information content (AvgIpc) is 2.83. The minimum absolute atomic E-state index is 0.0553. The van der Waals surface area contributed by atoms with E-state index in [0.717, 1.165) is 38.1 Å². The Morgan fingerprint density at radius 3 is 1.29 bits per heavy atom. The molecule has 1 heterocycles. The molecule has 3 nitrogen and oxygen atoms in total. The van der Waals surface area contributed by atoms with E-state index in [1.807, 2.05) is 34.8 Å². The highest BCUT2D eigenvalue weighted by Crippen LogP contribution is 2.67. The lowest BCUT2D eigenvalue weighted by molar-refractivity contribution is 0.515. The number of hydrogen-bond donors (Lipinski definition) is 0. The van der Waals surface area contributed by atoms with Crippen LogP contribution in [0.5, 0.6) is 11.5 Å². The molecule has 4 rings (SSSR count). The summed E-state index contributed by atoms with van der Waals surface area (Å²) in [5.74, 6) is 1.63. The maximum Gasteiger partial charge on any atom is 0.303 e. The Morgan fingerprint density at radius 2 is 0.952 bits per heavy atom. The fourth-order valence-electron chi connectivity index (χ4n) is 4.67. The summed E-state index contributed by atoms with van der Waals surface area (Å²) in [6.45, 7) is 26.9. The van der Waals surface area contributed by atoms with Gasteiger partial charge in [-0.05, 0) is 79.5 Å². The molecular formula is C34H45Cl2NO2P2S. The molecule has 0 aliphatic carbocycles. The van der Waals surface area contributed by atoms with Gasteiger partial charge < -0.3 is 9.05 Å². The number of rotatable bonds is 1. The zero-order chi connectivity index (χ0) is 31.4. The summed E-state index contributed by atoms with van der Waals surface area (Å²) in [5.41, 5.74) is 5.15. The Bertz CT molecular complexity index is 1350. The van der Waals surface area contributed by atoms with Gasteiger partial charge in [-0.25, -0.2) is 4.44 Å². The van der Waals surface area contributed by atoms with E-state index >= 15 is 0 Å². The quantitative estimate of drug-likeness (QED) is 0.241. The molecule has 0 spiro atoms. The summed E-state index contributed by atoms with van der Waals surface area (Å²) < 4.78 is 15.6. The standard InChI is InChI=1S/C34H45Cl2NO2P2S/c1-31(2,3)22-18-25(33(7,8)9)29-27(20-22)42-28-21-23(32(4,5)6)19-26(34(10,11)12)30(28)39-41(36)37(40(35)38-29)24-16-14-13-15-17-24/h13-21H,1-12H3/t40-,41+. The van der Waals surface area contributed by atoms with Crippen molar-refractivity contribution in [1.82, 2.24) is 0 Å². The minimum atomic E-state index is -1.72. The van der Waals surface area contributed by atoms with Crippen molar-refractivity contribution >= 4 is 55.2 Å². The van der Waals surface area contributed by atoms with Crippen LogP contribution in [-0.2, 0) is 21.7 Å². The van der Waals surface area contributed by atoms with Crippen LogP contribution in [0.1, 0.15) is 105 Å². The number of nitrogens with zero attached hydrogens (tertiary/aromatic N) is 1. The molecule has 1 aliphatic rings. The van der Waals surface area contributed by atoms with Gasteiger partial charge in [-0.2, -0.15) is 0 Å². The third-order valence-electron chi connectivity index (χ3n) is 7.30. The smallest absolute Gasteiger partial charge is 0.303 e. The van der Waals surface area contributed by atoms with Crippen LogP contribution < -0.4 is 13.5 Å². The van der Waals surface area contributed by atoms with Crippen LogP contribution in [0.2, 0.25) is 0 Å². The fraction of sp³-hybridized carbons (Fsp3) is 0.471. The second kappa shape index (κ2) is 12.0. The lowest BCUT2D eigenvalue weighted by Gasteiger charge is -2.36. The van der Waals surface area contributed by atoms with Crippen LogP contribution in [0.15, 0.2) is 64.4 Å². The molecule has 228 valence electrons. The lowest BCUT2D eigenvalue weighted by atomic mass is 9.80. The second-order valence-corrected chi connectivity index (χ2v) is 20.3. The first-order valence-electron chi connectivity index (χ1n) is 14.4. The van der Waals surface area contributed by atoms with Crippen molar-refractivity contribution in [2.45, 2.75) is 115 Å². The van der Waals surface area contributed by atoms with Crippen LogP contribution in [0, 0.1) is 0 Å². The highest BCUT2D eigenvalue weighted by molar-refractivity contribution is 8.00. The van der Waals surface area contributed by atoms with Gasteiger partial charge in [0.1, 0.15) is 11.5 Å². The average molecular weight is 665 g/mol. The summed E-state index contributed by atoms with van der Waals surface area (Å²) in [5, 5.41) is 0. The predicted molar refractivity (Wildman–Crippen MR) is 188 cm³/mol. The monoisotopic (exact) mass is 663 g/mol. The molecule has 8 heteroatoms. The molecule has 0 aromatic heterocycles. The van der Waals surface area contributed by atoms with Gasteiger partial charge in [0.2, 0.25) is 0 Å². The molecule has 3 aromatic carbocycles. The summed E-state index contributed by atoms with van der Waals surface area (Å²) in [7, 11) is -3.44. The highest BCUT2D eigenvalue weighted by atomic mass is 35.7. The first kappa shape index (κ1) is 33.7. The number of para-hydroxylation sites is 1. The molecule has 1 aliphatic heterocycles. The summed E-state index contributed by atoms with van der Waals surface area (Å²) in [4.78, 5) is 2.06. The Morgan fingerprint density at radius 1 is 0.571 bits per heavy atom. The van der Waals surface area contributed by atoms with E-state index in [1.165, 1.54) is 11.1 Å². The molecule has 42 heavy (non-hydrogen) atoms. The predicted octanol–water partition coefficient (Wildman–Crippen LogP) is 13.2. The van der Waals surface area contributed by atoms with Gasteiger partial charge in [0, 0.05) is 11.1 Å². The molecule has 0 unspecified atom stereocenters. The molecule has 0 amide bonds. The SMILES string of the molecule is CC(C)(C)c1cc2c(c(C(C)(C)C)c1)O[P@@](Cl)N(c1ccccc1)[P@@](Cl)Oc1c(cc(C(C)(C)C)cc1C(C)(C)C)S2. The lowest BCUT2D eigenvalue weighted by Crippen LogP contribution is -2.21. The van der Waals surface area contributed by atoms with Crippen molar-refractivity contribution in [1.29, 1.82) is 0 Å². The van der Waals surface area contributed by atoms with Crippen molar-refractivity contribution in [2.75, 3.05) is 4.44 Å². The van der Waals surface area contributed by atoms with Crippen molar-refractivity contribution < 1.29 is 9.05 Å². The van der Waals surface area contributed by atoms with Crippen molar-refractivity contribution in [3.05, 3.63) is 76.9 Å². The number of fused-ring (bicyclic) bond motifs is 2. The maximum atomic E-state index is 7.25. The van der Waals surface area contributed by atoms with Gasteiger partial charge in [0.05, 0.1) is 15.5 Å². The summed E-state index contributed by atoms with van der Waals surface area (Å²) in [6, 6.07) is 19.1. The van der Waals surface area contributed by atoms with E-state index in [0.29, 0.717) is 0 Å². The van der Waals surface area contributed by atoms with Gasteiger partial charge in [-0.1, -0.05) is 125 Å². The normalized spacial score (nSPS) is 18.5. The zero-order valence-corrected chi connectivity index (χ0v) is 31.1. The molecule has 3 aromatic rings. The molecule has 2 atom stereocenters. The van der Waals surface area contributed by atoms with Gasteiger partial charge in [0.15, 0.2) is 0 Å². The molecule has 0 bridgehead atoms. The first-order chi connectivity index (χ1) is 19.2. The maximum absolute atomic E-state index is 7.25. The van der Waals surface area contributed by atoms with E-state index in [4.69, 9.17) is 31.5 Å². The van der Waals surface area contributed by atoms with Crippen LogP contribution in [0.25, 0.3) is 0 Å². The molecular weight excluding hydrogens is 619 g/mol. The Labute approximate surface area is 270 Å². The van der Waals surface area contributed by atoms with E-state index in [9.17, 15) is 0 Å². The van der Waals surface area contributed by atoms with Crippen LogP contribution in [-0.4, -0.2) is 0 Å². The molecule has 0 fully saturated rings. The molecule has 0 saturated heterocycles. The van der Waals surface area contributed by atoms with Gasteiger partial charge in [-0.3, -0.25) is 0 Å². The van der Waals surface area contributed by atoms with E-state index in [1.54, 1.807) is 11.8 Å². The highest BCUT2D eigenvalue weighted by Gasteiger charge is 2.37. The van der Waals surface area contributed by atoms with E-state index in [2.05, 4.69) is 107 Å². The largest absolute Gasteiger partial charge is 0.439 e. The Balaban J connectivity index is 2.12. The molecule has 0 radical (unpaired) electrons. The fourth-order valence-corrected chi connectivity index (χ4v) is 10.4. The van der Waals surface area contributed by atoms with Crippen molar-refractivity contribution in [3.63, 3.8) is 0 Å². The van der Waals surface area contributed by atoms with Crippen molar-refractivity contribution in [3.8, 4) is 11.5 Å². The number of anilines is 1. The van der Waals surface area contributed by atoms with Crippen LogP contribution in [0.4, 0.5) is 5.69 Å². The molecule has 0 saturated carbocycles. The summed E-state index contributed by atoms with van der Waals surface area (Å²) in [6.07, 6.45) is 0. The third-order valence-corrected chi connectivity index (χ3v) is 13.0. The number of halogens is 2.